The summed E-state index contributed by atoms with van der Waals surface area (Å²) in [5, 5.41) is 3.14. The fourth-order valence-electron chi connectivity index (χ4n) is 3.13. The van der Waals surface area contributed by atoms with E-state index in [-0.39, 0.29) is 30.4 Å². The summed E-state index contributed by atoms with van der Waals surface area (Å²) in [4.78, 5) is 26.1. The van der Waals surface area contributed by atoms with E-state index < -0.39 is 0 Å². The van der Waals surface area contributed by atoms with Crippen molar-refractivity contribution in [2.75, 3.05) is 19.7 Å². The third-order valence-corrected chi connectivity index (χ3v) is 5.05. The zero-order valence-corrected chi connectivity index (χ0v) is 14.3. The van der Waals surface area contributed by atoms with Crippen LogP contribution in [0.25, 0.3) is 0 Å². The van der Waals surface area contributed by atoms with Crippen molar-refractivity contribution in [3.63, 3.8) is 0 Å². The molecule has 1 aromatic carbocycles. The summed E-state index contributed by atoms with van der Waals surface area (Å²) < 4.78 is 5.56. The van der Waals surface area contributed by atoms with Gasteiger partial charge in [0.1, 0.15) is 5.75 Å². The van der Waals surface area contributed by atoms with E-state index in [4.69, 9.17) is 4.74 Å². The maximum absolute atomic E-state index is 12.2. The van der Waals surface area contributed by atoms with Crippen molar-refractivity contribution in [1.29, 1.82) is 0 Å². The molecule has 5 nitrogen and oxygen atoms in total. The molecule has 1 saturated carbocycles. The Bertz CT molecular complexity index is 573. The number of hydrogen-bond donors (Lipinski definition) is 1. The summed E-state index contributed by atoms with van der Waals surface area (Å²) in [6, 6.07) is 7.90. The molecule has 1 N–H and O–H groups in total. The maximum atomic E-state index is 12.2. The highest BCUT2D eigenvalue weighted by molar-refractivity contribution is 5.80. The van der Waals surface area contributed by atoms with Gasteiger partial charge >= 0.3 is 0 Å². The van der Waals surface area contributed by atoms with E-state index in [0.29, 0.717) is 13.1 Å². The van der Waals surface area contributed by atoms with E-state index in [0.717, 1.165) is 31.4 Å². The molecule has 1 aromatic rings. The SMILES string of the molecule is Cc1ccc(OCC(=O)N2CCC(NC(=O)C3CCC3)CC2)cc1. The number of amides is 2. The third kappa shape index (κ3) is 4.28. The minimum atomic E-state index is 0.0133. The summed E-state index contributed by atoms with van der Waals surface area (Å²) in [7, 11) is 0. The van der Waals surface area contributed by atoms with Gasteiger partial charge in [0.05, 0.1) is 0 Å². The zero-order chi connectivity index (χ0) is 16.9. The van der Waals surface area contributed by atoms with Crippen molar-refractivity contribution in [3.8, 4) is 5.75 Å². The molecule has 0 unspecified atom stereocenters. The van der Waals surface area contributed by atoms with Gasteiger partial charge in [-0.05, 0) is 44.7 Å². The van der Waals surface area contributed by atoms with Crippen LogP contribution in [0.2, 0.25) is 0 Å². The van der Waals surface area contributed by atoms with Crippen LogP contribution in [0.15, 0.2) is 24.3 Å². The highest BCUT2D eigenvalue weighted by atomic mass is 16.5. The Morgan fingerprint density at radius 3 is 2.38 bits per heavy atom. The van der Waals surface area contributed by atoms with Crippen molar-refractivity contribution in [2.24, 2.45) is 5.92 Å². The van der Waals surface area contributed by atoms with Gasteiger partial charge in [-0.2, -0.15) is 0 Å². The van der Waals surface area contributed by atoms with Crippen molar-refractivity contribution >= 4 is 11.8 Å². The molecule has 1 aliphatic heterocycles. The van der Waals surface area contributed by atoms with Gasteiger partial charge in [-0.3, -0.25) is 9.59 Å². The van der Waals surface area contributed by atoms with Gasteiger partial charge in [0.25, 0.3) is 5.91 Å². The molecule has 24 heavy (non-hydrogen) atoms. The van der Waals surface area contributed by atoms with Crippen molar-refractivity contribution in [2.45, 2.75) is 45.1 Å². The molecule has 5 heteroatoms. The average Bonchev–Trinajstić information content (AvgIpc) is 2.53. The monoisotopic (exact) mass is 330 g/mol. The zero-order valence-electron chi connectivity index (χ0n) is 14.3. The topological polar surface area (TPSA) is 58.6 Å². The Hall–Kier alpha value is -2.04. The standard InChI is InChI=1S/C19H26N2O3/c1-14-5-7-17(8-6-14)24-13-18(22)21-11-9-16(10-12-21)20-19(23)15-3-2-4-15/h5-8,15-16H,2-4,9-13H2,1H3,(H,20,23). The lowest BCUT2D eigenvalue weighted by molar-refractivity contribution is -0.134. The summed E-state index contributed by atoms with van der Waals surface area (Å²) in [5.74, 6) is 1.16. The lowest BCUT2D eigenvalue weighted by Crippen LogP contribution is -2.49. The first-order valence-corrected chi connectivity index (χ1v) is 8.89. The smallest absolute Gasteiger partial charge is 0.260 e. The molecule has 0 aromatic heterocycles. The summed E-state index contributed by atoms with van der Waals surface area (Å²) in [6.07, 6.45) is 4.88. The van der Waals surface area contributed by atoms with Gasteiger partial charge in [-0.25, -0.2) is 0 Å². The number of nitrogens with zero attached hydrogens (tertiary/aromatic N) is 1. The molecule has 2 amide bonds. The fourth-order valence-corrected chi connectivity index (χ4v) is 3.13. The molecule has 1 saturated heterocycles. The van der Waals surface area contributed by atoms with Crippen molar-refractivity contribution in [3.05, 3.63) is 29.8 Å². The maximum Gasteiger partial charge on any atom is 0.260 e. The molecular weight excluding hydrogens is 304 g/mol. The number of likely N-dealkylation sites (tertiary alicyclic amines) is 1. The second-order valence-corrected chi connectivity index (χ2v) is 6.89. The van der Waals surface area contributed by atoms with Crippen molar-refractivity contribution in [1.82, 2.24) is 10.2 Å². The van der Waals surface area contributed by atoms with Crippen molar-refractivity contribution < 1.29 is 14.3 Å². The van der Waals surface area contributed by atoms with Gasteiger partial charge in [0, 0.05) is 25.0 Å². The van der Waals surface area contributed by atoms with Crippen LogP contribution < -0.4 is 10.1 Å². The molecule has 0 bridgehead atoms. The second-order valence-electron chi connectivity index (χ2n) is 6.89. The first kappa shape index (κ1) is 16.8. The van der Waals surface area contributed by atoms with Crippen LogP contribution in [0.5, 0.6) is 5.75 Å². The normalized spacial score (nSPS) is 18.8. The number of hydrogen-bond acceptors (Lipinski definition) is 3. The van der Waals surface area contributed by atoms with E-state index in [9.17, 15) is 9.59 Å². The van der Waals surface area contributed by atoms with E-state index in [1.807, 2.05) is 36.1 Å². The molecule has 2 fully saturated rings. The molecule has 130 valence electrons. The van der Waals surface area contributed by atoms with Crippen LogP contribution in [-0.2, 0) is 9.59 Å². The summed E-state index contributed by atoms with van der Waals surface area (Å²) >= 11 is 0. The number of piperidine rings is 1. The van der Waals surface area contributed by atoms with Crippen LogP contribution in [0.4, 0.5) is 0 Å². The number of carbonyl (C=O) groups is 2. The molecule has 1 aliphatic carbocycles. The molecule has 1 heterocycles. The Morgan fingerprint density at radius 2 is 1.79 bits per heavy atom. The van der Waals surface area contributed by atoms with Gasteiger partial charge in [0.15, 0.2) is 6.61 Å². The number of carbonyl (C=O) groups excluding carboxylic acids is 2. The molecule has 2 aliphatic rings. The predicted molar refractivity (Wildman–Crippen MR) is 91.8 cm³/mol. The fraction of sp³-hybridized carbons (Fsp3) is 0.579. The van der Waals surface area contributed by atoms with Crippen LogP contribution in [-0.4, -0.2) is 42.5 Å². The van der Waals surface area contributed by atoms with E-state index in [1.165, 1.54) is 12.0 Å². The number of aryl methyl sites for hydroxylation is 1. The van der Waals surface area contributed by atoms with Gasteiger partial charge in [-0.1, -0.05) is 24.1 Å². The first-order chi connectivity index (χ1) is 11.6. The molecular formula is C19H26N2O3. The van der Waals surface area contributed by atoms with Crippen LogP contribution in [0, 0.1) is 12.8 Å². The van der Waals surface area contributed by atoms with Crippen LogP contribution in [0.1, 0.15) is 37.7 Å². The third-order valence-electron chi connectivity index (χ3n) is 5.05. The van der Waals surface area contributed by atoms with Crippen LogP contribution in [0.3, 0.4) is 0 Å². The van der Waals surface area contributed by atoms with Gasteiger partial charge in [-0.15, -0.1) is 0 Å². The number of ether oxygens (including phenoxy) is 1. The van der Waals surface area contributed by atoms with E-state index in [1.54, 1.807) is 0 Å². The average molecular weight is 330 g/mol. The Kier molecular flexibility index (Phi) is 5.38. The number of benzene rings is 1. The number of nitrogens with one attached hydrogen (secondary N) is 1. The highest BCUT2D eigenvalue weighted by Gasteiger charge is 2.29. The quantitative estimate of drug-likeness (QED) is 0.901. The second kappa shape index (κ2) is 7.69. The molecule has 0 atom stereocenters. The largest absolute Gasteiger partial charge is 0.484 e. The first-order valence-electron chi connectivity index (χ1n) is 8.89. The predicted octanol–water partition coefficient (Wildman–Crippen LogP) is 2.28. The van der Waals surface area contributed by atoms with Crippen LogP contribution >= 0.6 is 0 Å². The molecule has 0 radical (unpaired) electrons. The van der Waals surface area contributed by atoms with Gasteiger partial charge in [0.2, 0.25) is 5.91 Å². The Labute approximate surface area is 143 Å². The number of rotatable bonds is 5. The Balaban J connectivity index is 1.38. The Morgan fingerprint density at radius 1 is 1.12 bits per heavy atom. The molecule has 0 spiro atoms. The summed E-state index contributed by atoms with van der Waals surface area (Å²) in [5.41, 5.74) is 1.17. The minimum absolute atomic E-state index is 0.0133. The molecule has 3 rings (SSSR count). The summed E-state index contributed by atoms with van der Waals surface area (Å²) in [6.45, 7) is 3.46. The lowest BCUT2D eigenvalue weighted by Gasteiger charge is -2.34. The van der Waals surface area contributed by atoms with E-state index in [2.05, 4.69) is 5.32 Å². The highest BCUT2D eigenvalue weighted by Crippen LogP contribution is 2.26. The van der Waals surface area contributed by atoms with Gasteiger partial charge < -0.3 is 15.0 Å². The van der Waals surface area contributed by atoms with E-state index >= 15 is 0 Å². The lowest BCUT2D eigenvalue weighted by atomic mass is 9.84. The minimum Gasteiger partial charge on any atom is -0.484 e.